The van der Waals surface area contributed by atoms with E-state index in [0.29, 0.717) is 6.47 Å². The smallest absolute Gasteiger partial charge is 0.298 e. The first-order chi connectivity index (χ1) is 10.3. The number of benzene rings is 1. The van der Waals surface area contributed by atoms with E-state index in [1.165, 1.54) is 29.5 Å². The molecular weight excluding hydrogens is 260 g/mol. The lowest BCUT2D eigenvalue weighted by atomic mass is 9.95. The normalized spacial score (nSPS) is 10.6. The van der Waals surface area contributed by atoms with Gasteiger partial charge in [-0.2, -0.15) is 0 Å². The van der Waals surface area contributed by atoms with Gasteiger partial charge in [-0.15, -0.1) is 0 Å². The van der Waals surface area contributed by atoms with E-state index in [0.717, 1.165) is 50.7 Å². The van der Waals surface area contributed by atoms with Crippen molar-refractivity contribution in [2.75, 3.05) is 0 Å². The van der Waals surface area contributed by atoms with Gasteiger partial charge in [-0.1, -0.05) is 52.2 Å². The van der Waals surface area contributed by atoms with Crippen molar-refractivity contribution in [3.63, 3.8) is 0 Å². The van der Waals surface area contributed by atoms with E-state index in [4.69, 9.17) is 4.74 Å². The van der Waals surface area contributed by atoms with Gasteiger partial charge >= 0.3 is 0 Å². The summed E-state index contributed by atoms with van der Waals surface area (Å²) in [4.78, 5) is 10.9. The second-order valence-corrected chi connectivity index (χ2v) is 5.77. The summed E-state index contributed by atoms with van der Waals surface area (Å²) in [6.45, 7) is 7.18. The predicted octanol–water partition coefficient (Wildman–Crippen LogP) is 5.25. The van der Waals surface area contributed by atoms with Crippen molar-refractivity contribution < 1.29 is 9.53 Å². The zero-order valence-electron chi connectivity index (χ0n) is 13.9. The highest BCUT2D eigenvalue weighted by molar-refractivity contribution is 5.53. The molecule has 0 amide bonds. The Morgan fingerprint density at radius 2 is 1.33 bits per heavy atom. The van der Waals surface area contributed by atoms with Gasteiger partial charge in [-0.25, -0.2) is 0 Å². The van der Waals surface area contributed by atoms with E-state index >= 15 is 0 Å². The Kier molecular flexibility index (Phi) is 8.80. The summed E-state index contributed by atoms with van der Waals surface area (Å²) in [6, 6.07) is 4.50. The van der Waals surface area contributed by atoms with Gasteiger partial charge in [-0.3, -0.25) is 4.79 Å². The predicted molar refractivity (Wildman–Crippen MR) is 89.0 cm³/mol. The van der Waals surface area contributed by atoms with E-state index in [-0.39, 0.29) is 0 Å². The third-order valence-electron chi connectivity index (χ3n) is 3.89. The number of rotatable bonds is 11. The molecule has 0 saturated carbocycles. The maximum Gasteiger partial charge on any atom is 0.298 e. The first-order valence-electron chi connectivity index (χ1n) is 8.51. The first kappa shape index (κ1) is 17.7. The molecule has 2 nitrogen and oxygen atoms in total. The van der Waals surface area contributed by atoms with Crippen molar-refractivity contribution in [2.24, 2.45) is 0 Å². The molecule has 21 heavy (non-hydrogen) atoms. The minimum absolute atomic E-state index is 0.575. The highest BCUT2D eigenvalue weighted by Crippen LogP contribution is 2.29. The molecule has 0 radical (unpaired) electrons. The Morgan fingerprint density at radius 1 is 0.857 bits per heavy atom. The number of ether oxygens (including phenoxy) is 1. The Hall–Kier alpha value is -1.31. The largest absolute Gasteiger partial charge is 0.428 e. The lowest BCUT2D eigenvalue weighted by Gasteiger charge is -2.15. The van der Waals surface area contributed by atoms with Crippen molar-refractivity contribution in [2.45, 2.75) is 78.6 Å². The van der Waals surface area contributed by atoms with Gasteiger partial charge in [0.2, 0.25) is 0 Å². The standard InChI is InChI=1S/C19H30O2/c1-4-7-10-16-13-17(11-8-5-2)19(21-15-20)18(14-16)12-9-6-3/h13-15H,4-12H2,1-3H3. The van der Waals surface area contributed by atoms with Crippen LogP contribution in [0.5, 0.6) is 5.75 Å². The van der Waals surface area contributed by atoms with Crippen LogP contribution < -0.4 is 4.74 Å². The molecule has 0 N–H and O–H groups in total. The molecule has 0 fully saturated rings. The van der Waals surface area contributed by atoms with Crippen LogP contribution in [0.3, 0.4) is 0 Å². The zero-order chi connectivity index (χ0) is 15.5. The molecule has 0 bridgehead atoms. The number of hydrogen-bond acceptors (Lipinski definition) is 2. The average molecular weight is 290 g/mol. The molecule has 0 atom stereocenters. The molecular formula is C19H30O2. The fourth-order valence-corrected chi connectivity index (χ4v) is 2.66. The van der Waals surface area contributed by atoms with Crippen LogP contribution in [0, 0.1) is 0 Å². The Labute approximate surface area is 129 Å². The lowest BCUT2D eigenvalue weighted by Crippen LogP contribution is -2.03. The van der Waals surface area contributed by atoms with Gasteiger partial charge in [-0.05, 0) is 55.2 Å². The second-order valence-electron chi connectivity index (χ2n) is 5.77. The third kappa shape index (κ3) is 5.91. The summed E-state index contributed by atoms with van der Waals surface area (Å²) in [5.74, 6) is 0.826. The number of unbranched alkanes of at least 4 members (excludes halogenated alkanes) is 3. The maximum absolute atomic E-state index is 10.9. The fraction of sp³-hybridized carbons (Fsp3) is 0.632. The summed E-state index contributed by atoms with van der Waals surface area (Å²) < 4.78 is 5.34. The average Bonchev–Trinajstić information content (AvgIpc) is 2.50. The van der Waals surface area contributed by atoms with E-state index < -0.39 is 0 Å². The van der Waals surface area contributed by atoms with E-state index in [2.05, 4.69) is 32.9 Å². The van der Waals surface area contributed by atoms with Crippen LogP contribution >= 0.6 is 0 Å². The molecule has 0 heterocycles. The van der Waals surface area contributed by atoms with Crippen molar-refractivity contribution in [1.82, 2.24) is 0 Å². The molecule has 2 heteroatoms. The molecule has 0 aliphatic rings. The Morgan fingerprint density at radius 3 is 1.76 bits per heavy atom. The summed E-state index contributed by atoms with van der Waals surface area (Å²) in [6.07, 6.45) is 10.1. The molecule has 0 spiro atoms. The molecule has 0 unspecified atom stereocenters. The zero-order valence-corrected chi connectivity index (χ0v) is 13.9. The molecule has 1 rings (SSSR count). The van der Waals surface area contributed by atoms with E-state index in [1.807, 2.05) is 0 Å². The van der Waals surface area contributed by atoms with Crippen LogP contribution in [-0.4, -0.2) is 6.47 Å². The molecule has 0 aliphatic carbocycles. The summed E-state index contributed by atoms with van der Waals surface area (Å²) in [7, 11) is 0. The van der Waals surface area contributed by atoms with Gasteiger partial charge in [0.05, 0.1) is 0 Å². The van der Waals surface area contributed by atoms with Crippen LogP contribution in [0.25, 0.3) is 0 Å². The molecule has 0 saturated heterocycles. The number of aryl methyl sites for hydroxylation is 3. The van der Waals surface area contributed by atoms with E-state index in [9.17, 15) is 4.79 Å². The van der Waals surface area contributed by atoms with Crippen LogP contribution in [-0.2, 0) is 24.1 Å². The highest BCUT2D eigenvalue weighted by Gasteiger charge is 2.12. The van der Waals surface area contributed by atoms with Gasteiger partial charge in [0.25, 0.3) is 6.47 Å². The van der Waals surface area contributed by atoms with Crippen molar-refractivity contribution >= 4 is 6.47 Å². The molecule has 118 valence electrons. The summed E-state index contributed by atoms with van der Waals surface area (Å²) >= 11 is 0. The highest BCUT2D eigenvalue weighted by atomic mass is 16.5. The molecule has 0 aliphatic heterocycles. The van der Waals surface area contributed by atoms with Crippen molar-refractivity contribution in [3.8, 4) is 5.75 Å². The van der Waals surface area contributed by atoms with Crippen LogP contribution in [0.1, 0.15) is 76.0 Å². The van der Waals surface area contributed by atoms with Gasteiger partial charge in [0.1, 0.15) is 5.75 Å². The maximum atomic E-state index is 10.9. The Balaban J connectivity index is 3.10. The van der Waals surface area contributed by atoms with Crippen molar-refractivity contribution in [3.05, 3.63) is 28.8 Å². The monoisotopic (exact) mass is 290 g/mol. The topological polar surface area (TPSA) is 26.3 Å². The van der Waals surface area contributed by atoms with Gasteiger partial charge < -0.3 is 4.74 Å². The lowest BCUT2D eigenvalue weighted by molar-refractivity contribution is -0.120. The first-order valence-corrected chi connectivity index (χ1v) is 8.51. The second kappa shape index (κ2) is 10.4. The van der Waals surface area contributed by atoms with Crippen LogP contribution in [0.4, 0.5) is 0 Å². The van der Waals surface area contributed by atoms with Crippen molar-refractivity contribution in [1.29, 1.82) is 0 Å². The summed E-state index contributed by atoms with van der Waals surface area (Å²) in [5, 5.41) is 0. The SMILES string of the molecule is CCCCc1cc(CCCC)c(OC=O)c(CCCC)c1. The Bertz CT molecular complexity index is 395. The molecule has 0 aromatic heterocycles. The number of carbonyl (C=O) groups is 1. The van der Waals surface area contributed by atoms with Gasteiger partial charge in [0.15, 0.2) is 0 Å². The number of carbonyl (C=O) groups excluding carboxylic acids is 1. The molecule has 1 aromatic rings. The molecule has 1 aromatic carbocycles. The minimum Gasteiger partial charge on any atom is -0.428 e. The van der Waals surface area contributed by atoms with Crippen LogP contribution in [0.2, 0.25) is 0 Å². The van der Waals surface area contributed by atoms with E-state index in [1.54, 1.807) is 0 Å². The summed E-state index contributed by atoms with van der Waals surface area (Å²) in [5.41, 5.74) is 3.82. The third-order valence-corrected chi connectivity index (χ3v) is 3.89. The quantitative estimate of drug-likeness (QED) is 0.520. The van der Waals surface area contributed by atoms with Crippen LogP contribution in [0.15, 0.2) is 12.1 Å². The number of hydrogen-bond donors (Lipinski definition) is 0. The fourth-order valence-electron chi connectivity index (χ4n) is 2.66. The minimum atomic E-state index is 0.575. The van der Waals surface area contributed by atoms with Gasteiger partial charge in [0, 0.05) is 0 Å².